The number of nitrogens with zero attached hydrogens (tertiary/aromatic N) is 3. The predicted octanol–water partition coefficient (Wildman–Crippen LogP) is 4.70. The number of pyridine rings is 2. The molecular formula is C22H29BrN4O2. The second-order valence-corrected chi connectivity index (χ2v) is 9.40. The van der Waals surface area contributed by atoms with Crippen molar-refractivity contribution in [1.29, 1.82) is 0 Å². The Labute approximate surface area is 181 Å². The van der Waals surface area contributed by atoms with Crippen molar-refractivity contribution in [1.82, 2.24) is 20.2 Å². The largest absolute Gasteiger partial charge is 0.444 e. The second-order valence-electron chi connectivity index (χ2n) is 8.59. The highest BCUT2D eigenvalue weighted by Crippen LogP contribution is 2.23. The molecular weight excluding hydrogens is 432 g/mol. The van der Waals surface area contributed by atoms with Crippen LogP contribution in [0, 0.1) is 6.92 Å². The lowest BCUT2D eigenvalue weighted by atomic mass is 10.0. The van der Waals surface area contributed by atoms with Gasteiger partial charge in [0.1, 0.15) is 10.2 Å². The van der Waals surface area contributed by atoms with Crippen LogP contribution in [-0.2, 0) is 11.3 Å². The molecule has 7 heteroatoms. The van der Waals surface area contributed by atoms with Crippen LogP contribution in [0.25, 0.3) is 11.3 Å². The van der Waals surface area contributed by atoms with Crippen LogP contribution in [0.1, 0.15) is 44.9 Å². The summed E-state index contributed by atoms with van der Waals surface area (Å²) in [6.07, 6.45) is 3.53. The number of carbonyl (C=O) groups is 1. The molecule has 3 heterocycles. The number of amides is 1. The molecule has 1 fully saturated rings. The van der Waals surface area contributed by atoms with Crippen molar-refractivity contribution in [3.8, 4) is 11.3 Å². The Kier molecular flexibility index (Phi) is 6.90. The van der Waals surface area contributed by atoms with Crippen molar-refractivity contribution in [3.05, 3.63) is 46.3 Å². The minimum Gasteiger partial charge on any atom is -0.444 e. The maximum Gasteiger partial charge on any atom is 0.407 e. The number of hydrogen-bond acceptors (Lipinski definition) is 5. The maximum absolute atomic E-state index is 12.1. The fraction of sp³-hybridized carbons (Fsp3) is 0.500. The Morgan fingerprint density at radius 3 is 2.83 bits per heavy atom. The smallest absolute Gasteiger partial charge is 0.407 e. The number of ether oxygens (including phenoxy) is 1. The van der Waals surface area contributed by atoms with E-state index in [-0.39, 0.29) is 12.1 Å². The summed E-state index contributed by atoms with van der Waals surface area (Å²) in [5.74, 6) is 0. The van der Waals surface area contributed by atoms with E-state index >= 15 is 0 Å². The number of piperidine rings is 1. The van der Waals surface area contributed by atoms with Gasteiger partial charge >= 0.3 is 6.09 Å². The van der Waals surface area contributed by atoms with Crippen molar-refractivity contribution in [2.45, 2.75) is 58.7 Å². The zero-order valence-corrected chi connectivity index (χ0v) is 19.1. The van der Waals surface area contributed by atoms with Gasteiger partial charge in [0.05, 0.1) is 5.69 Å². The molecule has 0 spiro atoms. The summed E-state index contributed by atoms with van der Waals surface area (Å²) in [5.41, 5.74) is 3.59. The molecule has 0 bridgehead atoms. The second kappa shape index (κ2) is 9.22. The van der Waals surface area contributed by atoms with Crippen LogP contribution < -0.4 is 5.32 Å². The molecule has 2 aromatic rings. The molecule has 1 saturated heterocycles. The van der Waals surface area contributed by atoms with E-state index in [9.17, 15) is 4.79 Å². The van der Waals surface area contributed by atoms with Crippen molar-refractivity contribution >= 4 is 22.0 Å². The minimum atomic E-state index is -0.483. The van der Waals surface area contributed by atoms with Gasteiger partial charge in [-0.05, 0) is 92.8 Å². The van der Waals surface area contributed by atoms with Crippen LogP contribution >= 0.6 is 15.9 Å². The summed E-state index contributed by atoms with van der Waals surface area (Å²) in [5, 5.41) is 3.01. The summed E-state index contributed by atoms with van der Waals surface area (Å²) in [7, 11) is 0. The molecule has 0 saturated carbocycles. The van der Waals surface area contributed by atoms with Crippen LogP contribution in [0.5, 0.6) is 0 Å². The molecule has 0 unspecified atom stereocenters. The standard InChI is InChI=1S/C22H29BrN4O2/c1-15-7-8-17(12-24-15)19-10-16(11-20(23)26-19)13-27-9-5-6-18(14-27)25-21(28)29-22(2,3)4/h7-8,10-12,18H,5-6,9,13-14H2,1-4H3,(H,25,28)/t18-/m0/s1. The number of rotatable bonds is 4. The quantitative estimate of drug-likeness (QED) is 0.669. The highest BCUT2D eigenvalue weighted by atomic mass is 79.9. The first kappa shape index (κ1) is 21.7. The molecule has 156 valence electrons. The third-order valence-electron chi connectivity index (χ3n) is 4.69. The third-order valence-corrected chi connectivity index (χ3v) is 5.10. The molecule has 0 radical (unpaired) electrons. The number of likely N-dealkylation sites (tertiary alicyclic amines) is 1. The number of aromatic nitrogens is 2. The molecule has 0 aromatic carbocycles. The van der Waals surface area contributed by atoms with Crippen molar-refractivity contribution in [3.63, 3.8) is 0 Å². The van der Waals surface area contributed by atoms with Crippen LogP contribution in [0.3, 0.4) is 0 Å². The van der Waals surface area contributed by atoms with Gasteiger partial charge in [-0.3, -0.25) is 9.88 Å². The molecule has 0 aliphatic carbocycles. The summed E-state index contributed by atoms with van der Waals surface area (Å²) in [6, 6.07) is 8.31. The van der Waals surface area contributed by atoms with E-state index in [0.29, 0.717) is 0 Å². The molecule has 1 atom stereocenters. The van der Waals surface area contributed by atoms with Gasteiger partial charge in [-0.1, -0.05) is 0 Å². The highest BCUT2D eigenvalue weighted by Gasteiger charge is 2.24. The third kappa shape index (κ3) is 6.78. The Balaban J connectivity index is 1.65. The predicted molar refractivity (Wildman–Crippen MR) is 118 cm³/mol. The van der Waals surface area contributed by atoms with E-state index in [2.05, 4.69) is 48.2 Å². The van der Waals surface area contributed by atoms with E-state index in [1.165, 1.54) is 5.56 Å². The lowest BCUT2D eigenvalue weighted by molar-refractivity contribution is 0.0470. The lowest BCUT2D eigenvalue weighted by Gasteiger charge is -2.33. The summed E-state index contributed by atoms with van der Waals surface area (Å²) in [6.45, 7) is 10.2. The Morgan fingerprint density at radius 1 is 1.34 bits per heavy atom. The Bertz CT molecular complexity index is 849. The van der Waals surface area contributed by atoms with Crippen LogP contribution in [0.15, 0.2) is 35.1 Å². The van der Waals surface area contributed by atoms with Crippen LogP contribution in [0.4, 0.5) is 4.79 Å². The monoisotopic (exact) mass is 460 g/mol. The molecule has 6 nitrogen and oxygen atoms in total. The van der Waals surface area contributed by atoms with Crippen LogP contribution in [0.2, 0.25) is 0 Å². The first-order valence-electron chi connectivity index (χ1n) is 9.99. The first-order chi connectivity index (χ1) is 13.7. The molecule has 1 amide bonds. The Morgan fingerprint density at radius 2 is 2.14 bits per heavy atom. The van der Waals surface area contributed by atoms with Crippen LogP contribution in [-0.4, -0.2) is 45.7 Å². The maximum atomic E-state index is 12.1. The number of aryl methyl sites for hydroxylation is 1. The van der Waals surface area contributed by atoms with Gasteiger partial charge < -0.3 is 10.1 Å². The normalized spacial score (nSPS) is 17.8. The van der Waals surface area contributed by atoms with Gasteiger partial charge in [0.15, 0.2) is 0 Å². The van der Waals surface area contributed by atoms with Gasteiger partial charge in [0.2, 0.25) is 0 Å². The zero-order valence-electron chi connectivity index (χ0n) is 17.5. The average molecular weight is 461 g/mol. The molecule has 3 rings (SSSR count). The van der Waals surface area contributed by atoms with E-state index in [0.717, 1.165) is 54.0 Å². The van der Waals surface area contributed by atoms with E-state index < -0.39 is 5.60 Å². The first-order valence-corrected chi connectivity index (χ1v) is 10.8. The fourth-order valence-electron chi connectivity index (χ4n) is 3.46. The van der Waals surface area contributed by atoms with Gasteiger partial charge in [-0.25, -0.2) is 9.78 Å². The SMILES string of the molecule is Cc1ccc(-c2cc(CN3CCC[C@H](NC(=O)OC(C)(C)C)C3)cc(Br)n2)cn1. The van der Waals surface area contributed by atoms with E-state index in [1.54, 1.807) is 0 Å². The highest BCUT2D eigenvalue weighted by molar-refractivity contribution is 9.10. The number of hydrogen-bond donors (Lipinski definition) is 1. The minimum absolute atomic E-state index is 0.102. The van der Waals surface area contributed by atoms with Gasteiger partial charge in [-0.2, -0.15) is 0 Å². The topological polar surface area (TPSA) is 67.4 Å². The van der Waals surface area contributed by atoms with E-state index in [1.807, 2.05) is 46.0 Å². The molecule has 2 aromatic heterocycles. The van der Waals surface area contributed by atoms with E-state index in [4.69, 9.17) is 4.74 Å². The lowest BCUT2D eigenvalue weighted by Crippen LogP contribution is -2.48. The summed E-state index contributed by atoms with van der Waals surface area (Å²) < 4.78 is 6.20. The number of alkyl carbamates (subject to hydrolysis) is 1. The average Bonchev–Trinajstić information content (AvgIpc) is 2.60. The van der Waals surface area contributed by atoms with Crippen molar-refractivity contribution < 1.29 is 9.53 Å². The number of carbonyl (C=O) groups excluding carboxylic acids is 1. The van der Waals surface area contributed by atoms with Gasteiger partial charge in [0, 0.05) is 36.6 Å². The molecule has 1 aliphatic rings. The molecule has 1 aliphatic heterocycles. The van der Waals surface area contributed by atoms with Crippen molar-refractivity contribution in [2.75, 3.05) is 13.1 Å². The van der Waals surface area contributed by atoms with Crippen molar-refractivity contribution in [2.24, 2.45) is 0 Å². The summed E-state index contributed by atoms with van der Waals surface area (Å²) in [4.78, 5) is 23.4. The van der Waals surface area contributed by atoms with Gasteiger partial charge in [-0.15, -0.1) is 0 Å². The number of nitrogens with one attached hydrogen (secondary N) is 1. The Hall–Kier alpha value is -1.99. The molecule has 29 heavy (non-hydrogen) atoms. The number of halogens is 1. The van der Waals surface area contributed by atoms with Gasteiger partial charge in [0.25, 0.3) is 0 Å². The molecule has 1 N–H and O–H groups in total. The fourth-order valence-corrected chi connectivity index (χ4v) is 3.94. The zero-order chi connectivity index (χ0) is 21.0. The summed E-state index contributed by atoms with van der Waals surface area (Å²) >= 11 is 3.54.